The molecule has 3 rings (SSSR count). The number of fused-ring (bicyclic) bond motifs is 1. The molecule has 0 saturated carbocycles. The summed E-state index contributed by atoms with van der Waals surface area (Å²) in [5.41, 5.74) is 4.52. The first-order valence-electron chi connectivity index (χ1n) is 8.00. The van der Waals surface area contributed by atoms with Crippen LogP contribution in [0.25, 0.3) is 0 Å². The summed E-state index contributed by atoms with van der Waals surface area (Å²) in [6.07, 6.45) is 9.59. The minimum Gasteiger partial charge on any atom is -0.385 e. The van der Waals surface area contributed by atoms with Crippen molar-refractivity contribution < 1.29 is 0 Å². The van der Waals surface area contributed by atoms with E-state index in [4.69, 9.17) is 0 Å². The van der Waals surface area contributed by atoms with Crippen molar-refractivity contribution in [3.63, 3.8) is 0 Å². The van der Waals surface area contributed by atoms with E-state index in [1.807, 2.05) is 0 Å². The van der Waals surface area contributed by atoms with Gasteiger partial charge in [-0.1, -0.05) is 31.4 Å². The highest BCUT2D eigenvalue weighted by atomic mass is 15.1. The zero-order chi connectivity index (χ0) is 12.9. The Balaban J connectivity index is 1.71. The molecule has 2 aliphatic rings. The lowest BCUT2D eigenvalue weighted by molar-refractivity contribution is 0.239. The van der Waals surface area contributed by atoms with Gasteiger partial charge in [-0.3, -0.25) is 4.90 Å². The maximum atomic E-state index is 3.54. The van der Waals surface area contributed by atoms with E-state index in [1.165, 1.54) is 63.7 Å². The third-order valence-electron chi connectivity index (χ3n) is 4.53. The smallest absolute Gasteiger partial charge is 0.0375 e. The number of rotatable bonds is 2. The average Bonchev–Trinajstić information content (AvgIpc) is 2.42. The number of anilines is 1. The minimum absolute atomic E-state index is 1.14. The van der Waals surface area contributed by atoms with Crippen LogP contribution < -0.4 is 5.32 Å². The van der Waals surface area contributed by atoms with Gasteiger partial charge in [0.2, 0.25) is 0 Å². The monoisotopic (exact) mass is 258 g/mol. The molecule has 0 aromatic heterocycles. The van der Waals surface area contributed by atoms with Crippen LogP contribution in [0.2, 0.25) is 0 Å². The van der Waals surface area contributed by atoms with Crippen LogP contribution in [0.5, 0.6) is 0 Å². The lowest BCUT2D eigenvalue weighted by atomic mass is 9.97. The van der Waals surface area contributed by atoms with E-state index in [9.17, 15) is 0 Å². The first-order chi connectivity index (χ1) is 9.43. The van der Waals surface area contributed by atoms with Crippen LogP contribution >= 0.6 is 0 Å². The quantitative estimate of drug-likeness (QED) is 0.867. The summed E-state index contributed by atoms with van der Waals surface area (Å²) in [7, 11) is 0. The van der Waals surface area contributed by atoms with E-state index in [0.717, 1.165) is 13.1 Å². The number of likely N-dealkylation sites (tertiary alicyclic amines) is 1. The first-order valence-corrected chi connectivity index (χ1v) is 8.00. The Kier molecular flexibility index (Phi) is 4.39. The van der Waals surface area contributed by atoms with Crippen LogP contribution in [0, 0.1) is 0 Å². The molecule has 2 heteroatoms. The normalized spacial score (nSPS) is 21.1. The van der Waals surface area contributed by atoms with E-state index in [1.54, 1.807) is 11.1 Å². The Morgan fingerprint density at radius 2 is 1.74 bits per heavy atom. The molecule has 0 spiro atoms. The van der Waals surface area contributed by atoms with Crippen LogP contribution in [0.4, 0.5) is 5.69 Å². The Bertz CT molecular complexity index is 406. The van der Waals surface area contributed by atoms with Crippen molar-refractivity contribution >= 4 is 5.69 Å². The fourth-order valence-electron chi connectivity index (χ4n) is 3.44. The molecule has 1 fully saturated rings. The molecule has 0 bridgehead atoms. The Morgan fingerprint density at radius 3 is 2.58 bits per heavy atom. The summed E-state index contributed by atoms with van der Waals surface area (Å²) in [5.74, 6) is 0. The molecule has 2 heterocycles. The van der Waals surface area contributed by atoms with E-state index >= 15 is 0 Å². The summed E-state index contributed by atoms with van der Waals surface area (Å²) < 4.78 is 0. The van der Waals surface area contributed by atoms with E-state index in [2.05, 4.69) is 28.4 Å². The maximum Gasteiger partial charge on any atom is 0.0375 e. The standard InChI is InChI=1S/C17H26N2/c1-2-4-12-19(13-5-3-1)14-15-8-6-10-17-16(15)9-7-11-18-17/h6,8,10,18H,1-5,7,9,11-14H2. The van der Waals surface area contributed by atoms with E-state index in [0.29, 0.717) is 0 Å². The average molecular weight is 258 g/mol. The highest BCUT2D eigenvalue weighted by Crippen LogP contribution is 2.26. The van der Waals surface area contributed by atoms with E-state index in [-0.39, 0.29) is 0 Å². The second-order valence-corrected chi connectivity index (χ2v) is 6.02. The van der Waals surface area contributed by atoms with Crippen molar-refractivity contribution in [1.82, 2.24) is 4.90 Å². The topological polar surface area (TPSA) is 15.3 Å². The molecule has 1 aromatic rings. The summed E-state index contributed by atoms with van der Waals surface area (Å²) in [5, 5.41) is 3.54. The van der Waals surface area contributed by atoms with Crippen LogP contribution in [0.3, 0.4) is 0 Å². The summed E-state index contributed by atoms with van der Waals surface area (Å²) in [6.45, 7) is 4.87. The molecular weight excluding hydrogens is 232 g/mol. The van der Waals surface area contributed by atoms with Crippen molar-refractivity contribution in [2.45, 2.75) is 51.5 Å². The van der Waals surface area contributed by atoms with Crippen LogP contribution in [-0.4, -0.2) is 24.5 Å². The molecule has 1 aromatic carbocycles. The van der Waals surface area contributed by atoms with Crippen LogP contribution in [0.15, 0.2) is 18.2 Å². The van der Waals surface area contributed by atoms with Crippen LogP contribution in [-0.2, 0) is 13.0 Å². The third kappa shape index (κ3) is 3.30. The zero-order valence-electron chi connectivity index (χ0n) is 12.0. The van der Waals surface area contributed by atoms with Gasteiger partial charge in [-0.2, -0.15) is 0 Å². The third-order valence-corrected chi connectivity index (χ3v) is 4.53. The van der Waals surface area contributed by atoms with Gasteiger partial charge in [0.15, 0.2) is 0 Å². The molecule has 0 aliphatic carbocycles. The number of hydrogen-bond donors (Lipinski definition) is 1. The van der Waals surface area contributed by atoms with Crippen LogP contribution in [0.1, 0.15) is 49.7 Å². The van der Waals surface area contributed by atoms with Gasteiger partial charge in [-0.25, -0.2) is 0 Å². The zero-order valence-corrected chi connectivity index (χ0v) is 12.0. The summed E-state index contributed by atoms with van der Waals surface area (Å²) in [4.78, 5) is 2.67. The Hall–Kier alpha value is -1.02. The molecule has 104 valence electrons. The second-order valence-electron chi connectivity index (χ2n) is 6.02. The molecule has 0 unspecified atom stereocenters. The van der Waals surface area contributed by atoms with E-state index < -0.39 is 0 Å². The first kappa shape index (κ1) is 13.0. The number of nitrogens with one attached hydrogen (secondary N) is 1. The van der Waals surface area contributed by atoms with Crippen molar-refractivity contribution in [1.29, 1.82) is 0 Å². The van der Waals surface area contributed by atoms with Gasteiger partial charge in [0.05, 0.1) is 0 Å². The lowest BCUT2D eigenvalue weighted by Gasteiger charge is -2.27. The maximum absolute atomic E-state index is 3.54. The molecule has 2 nitrogen and oxygen atoms in total. The number of nitrogens with zero attached hydrogens (tertiary/aromatic N) is 1. The fraction of sp³-hybridized carbons (Fsp3) is 0.647. The molecule has 1 saturated heterocycles. The molecule has 19 heavy (non-hydrogen) atoms. The van der Waals surface area contributed by atoms with Crippen molar-refractivity contribution in [2.24, 2.45) is 0 Å². The van der Waals surface area contributed by atoms with Crippen molar-refractivity contribution in [2.75, 3.05) is 25.0 Å². The van der Waals surface area contributed by atoms with Gasteiger partial charge >= 0.3 is 0 Å². The predicted octanol–water partition coefficient (Wildman–Crippen LogP) is 3.81. The van der Waals surface area contributed by atoms with Gasteiger partial charge in [0.25, 0.3) is 0 Å². The molecule has 0 radical (unpaired) electrons. The van der Waals surface area contributed by atoms with Gasteiger partial charge in [-0.05, 0) is 56.0 Å². The number of hydrogen-bond acceptors (Lipinski definition) is 2. The van der Waals surface area contributed by atoms with Gasteiger partial charge in [-0.15, -0.1) is 0 Å². The van der Waals surface area contributed by atoms with Crippen molar-refractivity contribution in [3.05, 3.63) is 29.3 Å². The predicted molar refractivity (Wildman–Crippen MR) is 81.6 cm³/mol. The largest absolute Gasteiger partial charge is 0.385 e. The number of benzene rings is 1. The van der Waals surface area contributed by atoms with Gasteiger partial charge in [0.1, 0.15) is 0 Å². The SMILES string of the molecule is c1cc(CN2CCCCCCC2)c2c(c1)NCCC2. The summed E-state index contributed by atoms with van der Waals surface area (Å²) in [6, 6.07) is 6.80. The molecule has 1 N–H and O–H groups in total. The lowest BCUT2D eigenvalue weighted by Crippen LogP contribution is -2.28. The molecule has 0 amide bonds. The summed E-state index contributed by atoms with van der Waals surface area (Å²) >= 11 is 0. The Labute approximate surface area is 117 Å². The Morgan fingerprint density at radius 1 is 0.947 bits per heavy atom. The molecule has 2 aliphatic heterocycles. The molecular formula is C17H26N2. The second kappa shape index (κ2) is 6.42. The highest BCUT2D eigenvalue weighted by Gasteiger charge is 2.15. The minimum atomic E-state index is 1.14. The van der Waals surface area contributed by atoms with Gasteiger partial charge in [0, 0.05) is 18.8 Å². The fourth-order valence-corrected chi connectivity index (χ4v) is 3.44. The van der Waals surface area contributed by atoms with Gasteiger partial charge < -0.3 is 5.32 Å². The molecule has 0 atom stereocenters. The van der Waals surface area contributed by atoms with Crippen molar-refractivity contribution in [3.8, 4) is 0 Å². The highest BCUT2D eigenvalue weighted by molar-refractivity contribution is 5.56.